The fraction of sp³-hybridized carbons (Fsp3) is 0.553. The van der Waals surface area contributed by atoms with Crippen LogP contribution in [0.3, 0.4) is 0 Å². The Morgan fingerprint density at radius 3 is 2.47 bits per heavy atom. The predicted octanol–water partition coefficient (Wildman–Crippen LogP) is 7.17. The highest BCUT2D eigenvalue weighted by Crippen LogP contribution is 2.41. The monoisotopic (exact) mass is 638 g/mol. The molecule has 1 saturated carbocycles. The second-order valence-electron chi connectivity index (χ2n) is 14.4. The molecule has 9 nitrogen and oxygen atoms in total. The van der Waals surface area contributed by atoms with Gasteiger partial charge >= 0.3 is 6.03 Å². The molecular weight excluding hydrogens is 588 g/mol. The van der Waals surface area contributed by atoms with Crippen molar-refractivity contribution >= 4 is 33.9 Å². The van der Waals surface area contributed by atoms with Gasteiger partial charge < -0.3 is 29.0 Å². The molecule has 4 heterocycles. The molecule has 0 bridgehead atoms. The van der Waals surface area contributed by atoms with E-state index in [0.717, 1.165) is 81.0 Å². The molecule has 3 aliphatic rings. The van der Waals surface area contributed by atoms with Crippen LogP contribution in [-0.2, 0) is 13.6 Å². The Morgan fingerprint density at radius 2 is 1.77 bits per heavy atom. The summed E-state index contributed by atoms with van der Waals surface area (Å²) in [7, 11) is 3.74. The highest BCUT2D eigenvalue weighted by molar-refractivity contribution is 6.00. The van der Waals surface area contributed by atoms with Crippen LogP contribution < -0.4 is 10.1 Å². The van der Waals surface area contributed by atoms with E-state index < -0.39 is 0 Å². The van der Waals surface area contributed by atoms with Crippen LogP contribution in [0.2, 0.25) is 0 Å². The summed E-state index contributed by atoms with van der Waals surface area (Å²) in [4.78, 5) is 35.6. The fourth-order valence-electron chi connectivity index (χ4n) is 7.93. The Morgan fingerprint density at radius 1 is 0.979 bits per heavy atom. The van der Waals surface area contributed by atoms with Crippen LogP contribution >= 0.6 is 0 Å². The molecule has 2 aliphatic heterocycles. The van der Waals surface area contributed by atoms with E-state index in [1.807, 2.05) is 35.8 Å². The van der Waals surface area contributed by atoms with Crippen molar-refractivity contribution in [1.82, 2.24) is 29.2 Å². The number of methoxy groups -OCH3 is 1. The van der Waals surface area contributed by atoms with Gasteiger partial charge in [-0.2, -0.15) is 0 Å². The van der Waals surface area contributed by atoms with Crippen molar-refractivity contribution in [3.8, 4) is 17.3 Å². The Bertz CT molecular complexity index is 1790. The van der Waals surface area contributed by atoms with Gasteiger partial charge in [0.2, 0.25) is 0 Å². The number of nitrogens with one attached hydrogen (secondary N) is 1. The number of urea groups is 1. The van der Waals surface area contributed by atoms with Crippen LogP contribution in [0, 0.1) is 11.8 Å². The average molecular weight is 639 g/mol. The number of piperidine rings is 2. The van der Waals surface area contributed by atoms with Crippen LogP contribution in [0.5, 0.6) is 5.75 Å². The van der Waals surface area contributed by atoms with Crippen molar-refractivity contribution in [3.63, 3.8) is 0 Å². The van der Waals surface area contributed by atoms with Gasteiger partial charge in [-0.15, -0.1) is 0 Å². The normalized spacial score (nSPS) is 19.2. The summed E-state index contributed by atoms with van der Waals surface area (Å²) in [5.74, 6) is 3.25. The first kappa shape index (κ1) is 31.6. The van der Waals surface area contributed by atoms with Gasteiger partial charge in [0.1, 0.15) is 11.3 Å². The molecule has 9 heteroatoms. The van der Waals surface area contributed by atoms with Crippen molar-refractivity contribution in [2.24, 2.45) is 18.9 Å². The second-order valence-corrected chi connectivity index (χ2v) is 14.4. The van der Waals surface area contributed by atoms with E-state index in [9.17, 15) is 9.59 Å². The van der Waals surface area contributed by atoms with Crippen LogP contribution in [0.4, 0.5) is 4.79 Å². The maximum Gasteiger partial charge on any atom is 0.317 e. The number of hydrogen-bond acceptors (Lipinski definition) is 4. The van der Waals surface area contributed by atoms with Crippen molar-refractivity contribution in [2.45, 2.75) is 84.2 Å². The number of fused-ring (bicyclic) bond motifs is 2. The van der Waals surface area contributed by atoms with Gasteiger partial charge in [-0.3, -0.25) is 4.79 Å². The Labute approximate surface area is 278 Å². The number of benzene rings is 2. The van der Waals surface area contributed by atoms with Gasteiger partial charge in [0, 0.05) is 56.8 Å². The Hall–Kier alpha value is -4.01. The number of ether oxygens (including phenoxy) is 1. The zero-order valence-electron chi connectivity index (χ0n) is 28.7. The van der Waals surface area contributed by atoms with Crippen LogP contribution in [0.15, 0.2) is 36.4 Å². The number of amides is 3. The van der Waals surface area contributed by atoms with Crippen molar-refractivity contribution in [1.29, 1.82) is 0 Å². The van der Waals surface area contributed by atoms with Gasteiger partial charge in [0.05, 0.1) is 23.8 Å². The van der Waals surface area contributed by atoms with E-state index in [0.29, 0.717) is 29.1 Å². The van der Waals surface area contributed by atoms with Crippen LogP contribution in [0.25, 0.3) is 33.5 Å². The lowest BCUT2D eigenvalue weighted by Crippen LogP contribution is -2.46. The number of nitrogens with zero attached hydrogens (tertiary/aromatic N) is 5. The highest BCUT2D eigenvalue weighted by atomic mass is 16.5. The molecule has 3 fully saturated rings. The summed E-state index contributed by atoms with van der Waals surface area (Å²) in [5, 5.41) is 4.28. The number of carbonyl (C=O) groups is 2. The summed E-state index contributed by atoms with van der Waals surface area (Å²) < 4.78 is 10.6. The van der Waals surface area contributed by atoms with Gasteiger partial charge in [-0.25, -0.2) is 9.78 Å². The molecule has 2 saturated heterocycles. The van der Waals surface area contributed by atoms with Crippen LogP contribution in [0.1, 0.15) is 87.6 Å². The number of aryl methyl sites for hydroxylation is 1. The predicted molar refractivity (Wildman–Crippen MR) is 187 cm³/mol. The van der Waals surface area contributed by atoms with E-state index in [-0.39, 0.29) is 18.0 Å². The third kappa shape index (κ3) is 6.09. The molecule has 0 radical (unpaired) electrons. The van der Waals surface area contributed by atoms with Crippen molar-refractivity contribution < 1.29 is 14.3 Å². The van der Waals surface area contributed by atoms with Gasteiger partial charge in [-0.05, 0) is 93.9 Å². The molecule has 2 aromatic carbocycles. The lowest BCUT2D eigenvalue weighted by molar-refractivity contribution is 0.0671. The van der Waals surface area contributed by atoms with Crippen LogP contribution in [-0.4, -0.2) is 75.2 Å². The molecule has 1 atom stereocenters. The number of aromatic nitrogens is 3. The van der Waals surface area contributed by atoms with Gasteiger partial charge in [0.15, 0.2) is 5.82 Å². The molecule has 0 unspecified atom stereocenters. The Balaban J connectivity index is 1.26. The summed E-state index contributed by atoms with van der Waals surface area (Å²) in [6, 6.07) is 13.0. The molecule has 7 rings (SSSR count). The molecular formula is C38H50N6O3. The second kappa shape index (κ2) is 12.9. The maximum atomic E-state index is 13.7. The topological polar surface area (TPSA) is 84.6 Å². The minimum absolute atomic E-state index is 0.0410. The third-order valence-corrected chi connectivity index (χ3v) is 10.7. The molecule has 4 aromatic rings. The number of hydrogen-bond donors (Lipinski definition) is 1. The van der Waals surface area contributed by atoms with E-state index in [1.165, 1.54) is 35.7 Å². The quantitative estimate of drug-likeness (QED) is 0.222. The van der Waals surface area contributed by atoms with E-state index in [1.54, 1.807) is 7.11 Å². The average Bonchev–Trinajstić information content (AvgIpc) is 3.75. The van der Waals surface area contributed by atoms with Crippen molar-refractivity contribution in [3.05, 3.63) is 47.5 Å². The summed E-state index contributed by atoms with van der Waals surface area (Å²) >= 11 is 0. The lowest BCUT2D eigenvalue weighted by Gasteiger charge is -2.33. The molecule has 3 amide bonds. The molecule has 0 spiro atoms. The standard InChI is InChI=1S/C38H50N6O3/c1-6-25-9-8-16-43(22-25)37(45)29-19-31-35(33(21-29)47-5)41(4)36(40-31)32-20-28-10-7-11-30(34(28)44(32)23-26-12-13-26)27-14-17-42(18-15-27)38(46)39-24(2)3/h7,10-11,19-21,24-27H,6,8-9,12-18,22-23H2,1-5H3,(H,39,46)/t25-/m1/s1. The number of carbonyl (C=O) groups excluding carboxylic acids is 2. The third-order valence-electron chi connectivity index (χ3n) is 10.7. The molecule has 1 aliphatic carbocycles. The summed E-state index contributed by atoms with van der Waals surface area (Å²) in [6.45, 7) is 10.3. The summed E-state index contributed by atoms with van der Waals surface area (Å²) in [6.07, 6.45) is 7.75. The first-order chi connectivity index (χ1) is 22.7. The lowest BCUT2D eigenvalue weighted by atomic mass is 9.88. The largest absolute Gasteiger partial charge is 0.494 e. The van der Waals surface area contributed by atoms with E-state index >= 15 is 0 Å². The molecule has 47 heavy (non-hydrogen) atoms. The minimum atomic E-state index is 0.0410. The smallest absolute Gasteiger partial charge is 0.317 e. The van der Waals surface area contributed by atoms with Crippen molar-refractivity contribution in [2.75, 3.05) is 33.3 Å². The first-order valence-electron chi connectivity index (χ1n) is 17.8. The fourth-order valence-corrected chi connectivity index (χ4v) is 7.93. The zero-order valence-corrected chi connectivity index (χ0v) is 28.7. The number of rotatable bonds is 8. The van der Waals surface area contributed by atoms with Gasteiger partial charge in [-0.1, -0.05) is 31.5 Å². The van der Waals surface area contributed by atoms with E-state index in [4.69, 9.17) is 9.72 Å². The Kier molecular flexibility index (Phi) is 8.66. The molecule has 1 N–H and O–H groups in total. The maximum absolute atomic E-state index is 13.7. The van der Waals surface area contributed by atoms with Gasteiger partial charge in [0.25, 0.3) is 5.91 Å². The number of para-hydroxylation sites is 1. The molecule has 2 aromatic heterocycles. The zero-order chi connectivity index (χ0) is 32.8. The minimum Gasteiger partial charge on any atom is -0.494 e. The molecule has 250 valence electrons. The number of likely N-dealkylation sites (tertiary alicyclic amines) is 2. The first-order valence-corrected chi connectivity index (χ1v) is 17.8. The highest BCUT2D eigenvalue weighted by Gasteiger charge is 2.31. The summed E-state index contributed by atoms with van der Waals surface area (Å²) in [5.41, 5.74) is 6.09. The van der Waals surface area contributed by atoms with E-state index in [2.05, 4.69) is 52.7 Å². The number of imidazole rings is 1. The SMILES string of the molecule is CC[C@@H]1CCCN(C(=O)c2cc(OC)c3c(c2)nc(-c2cc4cccc(C5CCN(C(=O)NC(C)C)CC5)c4n2CC2CC2)n3C)C1.